The predicted octanol–water partition coefficient (Wildman–Crippen LogP) is 7.51. The summed E-state index contributed by atoms with van der Waals surface area (Å²) in [6.45, 7) is 16.9. The van der Waals surface area contributed by atoms with Gasteiger partial charge in [0.1, 0.15) is 11.5 Å². The van der Waals surface area contributed by atoms with Crippen LogP contribution in [0.15, 0.2) is 52.6 Å². The van der Waals surface area contributed by atoms with Crippen LogP contribution in [0, 0.1) is 11.8 Å². The van der Waals surface area contributed by atoms with E-state index < -0.39 is 23.8 Å². The molecular formula is C32H51F4N4O2P. The minimum Gasteiger partial charge on any atom is -0.384 e. The Labute approximate surface area is 257 Å². The van der Waals surface area contributed by atoms with Crippen molar-refractivity contribution in [2.45, 2.75) is 115 Å². The zero-order valence-electron chi connectivity index (χ0n) is 26.2. The van der Waals surface area contributed by atoms with Gasteiger partial charge in [-0.2, -0.15) is 18.3 Å². The van der Waals surface area contributed by atoms with Crippen molar-refractivity contribution in [2.75, 3.05) is 19.8 Å². The third-order valence-corrected chi connectivity index (χ3v) is 9.45. The lowest BCUT2D eigenvalue weighted by atomic mass is 9.80. The predicted molar refractivity (Wildman–Crippen MR) is 169 cm³/mol. The second-order valence-corrected chi connectivity index (χ2v) is 13.3. The van der Waals surface area contributed by atoms with Gasteiger partial charge in [0, 0.05) is 49.8 Å². The van der Waals surface area contributed by atoms with Crippen LogP contribution in [-0.4, -0.2) is 60.3 Å². The molecule has 2 heterocycles. The van der Waals surface area contributed by atoms with Gasteiger partial charge in [-0.05, 0) is 88.2 Å². The molecule has 1 aliphatic carbocycles. The number of nitrogens with two attached hydrogens (primary N) is 1. The molecule has 0 bridgehead atoms. The van der Waals surface area contributed by atoms with Gasteiger partial charge in [-0.1, -0.05) is 41.8 Å². The summed E-state index contributed by atoms with van der Waals surface area (Å²) < 4.78 is 67.1. The lowest BCUT2D eigenvalue weighted by Crippen LogP contribution is -2.50. The minimum atomic E-state index is -4.51. The molecule has 0 spiro atoms. The summed E-state index contributed by atoms with van der Waals surface area (Å²) in [5.41, 5.74) is 11.5. The zero-order chi connectivity index (χ0) is 31.9. The maximum atomic E-state index is 14.9. The number of hydrogen-bond acceptors (Lipinski definition) is 6. The fourth-order valence-corrected chi connectivity index (χ4v) is 6.76. The second-order valence-electron chi connectivity index (χ2n) is 12.3. The first kappa shape index (κ1) is 35.7. The zero-order valence-corrected chi connectivity index (χ0v) is 27.4. The average molecular weight is 631 g/mol. The largest absolute Gasteiger partial charge is 0.416 e. The standard InChI is InChI=1S/C32H51F4N4O2P/c1-7-21(5)29(24-11-14-41-15-12-24)26(16-27-22(6)38-18-28(42-27)32(34,35)36)39-40(20(3)4)19-23(8-2)30(37)25-10-9-13-31(33,43)17-25/h19,24-25,27-28,30,38H,3,6-18,37,43H2,1-2,4-5H3/b23-19+,29-21?,39-26-. The molecule has 1 saturated carbocycles. The van der Waals surface area contributed by atoms with Gasteiger partial charge in [-0.15, -0.1) is 0 Å². The molecule has 3 rings (SSSR count). The summed E-state index contributed by atoms with van der Waals surface area (Å²) in [6.07, 6.45) is 0.0872. The van der Waals surface area contributed by atoms with E-state index in [-0.39, 0.29) is 30.8 Å². The van der Waals surface area contributed by atoms with E-state index >= 15 is 0 Å². The Balaban J connectivity index is 2.06. The van der Waals surface area contributed by atoms with E-state index in [2.05, 4.69) is 41.6 Å². The van der Waals surface area contributed by atoms with Crippen LogP contribution in [0.4, 0.5) is 17.6 Å². The number of ether oxygens (including phenoxy) is 2. The molecule has 43 heavy (non-hydrogen) atoms. The Hall–Kier alpha value is -1.74. The number of hydrogen-bond donors (Lipinski definition) is 2. The van der Waals surface area contributed by atoms with Gasteiger partial charge in [0.2, 0.25) is 0 Å². The van der Waals surface area contributed by atoms with E-state index in [0.717, 1.165) is 48.8 Å². The summed E-state index contributed by atoms with van der Waals surface area (Å²) in [4.78, 5) is 0. The van der Waals surface area contributed by atoms with E-state index in [4.69, 9.17) is 20.3 Å². The third-order valence-electron chi connectivity index (χ3n) is 8.93. The van der Waals surface area contributed by atoms with Crippen molar-refractivity contribution in [1.29, 1.82) is 0 Å². The van der Waals surface area contributed by atoms with Gasteiger partial charge >= 0.3 is 6.18 Å². The third kappa shape index (κ3) is 9.87. The maximum Gasteiger partial charge on any atom is 0.416 e. The van der Waals surface area contributed by atoms with E-state index in [1.807, 2.05) is 20.0 Å². The van der Waals surface area contributed by atoms with E-state index in [1.54, 1.807) is 5.01 Å². The molecule has 6 atom stereocenters. The lowest BCUT2D eigenvalue weighted by molar-refractivity contribution is -0.233. The van der Waals surface area contributed by atoms with E-state index in [9.17, 15) is 17.6 Å². The van der Waals surface area contributed by atoms with E-state index in [0.29, 0.717) is 49.6 Å². The number of morpholine rings is 1. The van der Waals surface area contributed by atoms with Crippen LogP contribution >= 0.6 is 9.24 Å². The Morgan fingerprint density at radius 2 is 1.91 bits per heavy atom. The summed E-state index contributed by atoms with van der Waals surface area (Å²) in [5.74, 6) is 0.128. The molecule has 0 amide bonds. The van der Waals surface area contributed by atoms with Gasteiger partial charge in [-0.25, -0.2) is 9.40 Å². The van der Waals surface area contributed by atoms with Crippen LogP contribution in [0.25, 0.3) is 0 Å². The smallest absolute Gasteiger partial charge is 0.384 e. The topological polar surface area (TPSA) is 72.1 Å². The van der Waals surface area contributed by atoms with Crippen molar-refractivity contribution >= 4 is 15.0 Å². The maximum absolute atomic E-state index is 14.9. The summed E-state index contributed by atoms with van der Waals surface area (Å²) in [5, 5.41) is 8.27. The van der Waals surface area contributed by atoms with Gasteiger partial charge in [0.25, 0.3) is 0 Å². The summed E-state index contributed by atoms with van der Waals surface area (Å²) in [6, 6.07) is -0.359. The number of allylic oxidation sites excluding steroid dienone is 3. The Bertz CT molecular complexity index is 1080. The molecule has 11 heteroatoms. The molecule has 0 radical (unpaired) electrons. The highest BCUT2D eigenvalue weighted by Crippen LogP contribution is 2.42. The number of halogens is 4. The highest BCUT2D eigenvalue weighted by atomic mass is 31.0. The lowest BCUT2D eigenvalue weighted by Gasteiger charge is -2.36. The van der Waals surface area contributed by atoms with Crippen LogP contribution in [0.1, 0.15) is 85.5 Å². The van der Waals surface area contributed by atoms with E-state index in [1.165, 1.54) is 0 Å². The molecule has 2 saturated heterocycles. The molecule has 2 aliphatic heterocycles. The second kappa shape index (κ2) is 15.5. The van der Waals surface area contributed by atoms with Gasteiger partial charge in [0.05, 0.1) is 5.71 Å². The van der Waals surface area contributed by atoms with Gasteiger partial charge in [0.15, 0.2) is 6.10 Å². The fourth-order valence-electron chi connectivity index (χ4n) is 6.25. The van der Waals surface area contributed by atoms with Crippen molar-refractivity contribution < 1.29 is 27.0 Å². The first-order valence-electron chi connectivity index (χ1n) is 15.6. The number of hydrazone groups is 1. The van der Waals surface area contributed by atoms with Crippen molar-refractivity contribution in [2.24, 2.45) is 22.7 Å². The highest BCUT2D eigenvalue weighted by Gasteiger charge is 2.45. The SMILES string of the molecule is C=C1NCC(C(F)(F)F)OC1C/C(=N/N(/C=C(\CC)C(N)C1CCCC(F)(P)C1)C(=C)C)C(=C(C)CC)C1CCOCC1. The van der Waals surface area contributed by atoms with Crippen molar-refractivity contribution in [3.05, 3.63) is 47.5 Å². The quantitative estimate of drug-likeness (QED) is 0.107. The number of alkyl halides is 4. The minimum absolute atomic E-state index is 0.0118. The molecule has 0 aromatic carbocycles. The van der Waals surface area contributed by atoms with Gasteiger partial charge in [-0.3, -0.25) is 0 Å². The van der Waals surface area contributed by atoms with Crippen molar-refractivity contribution in [1.82, 2.24) is 10.3 Å². The number of nitrogens with one attached hydrogen (secondary N) is 1. The van der Waals surface area contributed by atoms with Crippen molar-refractivity contribution in [3.63, 3.8) is 0 Å². The number of nitrogens with zero attached hydrogens (tertiary/aromatic N) is 2. The molecule has 0 aromatic rings. The molecule has 3 aliphatic rings. The summed E-state index contributed by atoms with van der Waals surface area (Å²) in [7, 11) is 2.35. The molecule has 0 aromatic heterocycles. The Morgan fingerprint density at radius 3 is 2.47 bits per heavy atom. The molecule has 3 N–H and O–H groups in total. The monoisotopic (exact) mass is 630 g/mol. The normalized spacial score (nSPS) is 29.5. The Morgan fingerprint density at radius 1 is 1.23 bits per heavy atom. The average Bonchev–Trinajstić information content (AvgIpc) is 2.95. The summed E-state index contributed by atoms with van der Waals surface area (Å²) >= 11 is 0. The first-order chi connectivity index (χ1) is 20.2. The van der Waals surface area contributed by atoms with Crippen molar-refractivity contribution in [3.8, 4) is 0 Å². The molecule has 3 fully saturated rings. The van der Waals surface area contributed by atoms with Crippen LogP contribution in [0.3, 0.4) is 0 Å². The highest BCUT2D eigenvalue weighted by molar-refractivity contribution is 7.18. The van der Waals surface area contributed by atoms with Crippen LogP contribution < -0.4 is 11.1 Å². The fraction of sp³-hybridized carbons (Fsp3) is 0.719. The molecule has 6 unspecified atom stereocenters. The molecular weight excluding hydrogens is 579 g/mol. The van der Waals surface area contributed by atoms with Crippen LogP contribution in [0.5, 0.6) is 0 Å². The molecule has 244 valence electrons. The Kier molecular flexibility index (Phi) is 12.9. The van der Waals surface area contributed by atoms with Crippen LogP contribution in [0.2, 0.25) is 0 Å². The van der Waals surface area contributed by atoms with Gasteiger partial charge < -0.3 is 20.5 Å². The van der Waals surface area contributed by atoms with Crippen LogP contribution in [-0.2, 0) is 9.47 Å². The number of rotatable bonds is 11. The first-order valence-corrected chi connectivity index (χ1v) is 16.1. The molecule has 6 nitrogen and oxygen atoms in total.